The summed E-state index contributed by atoms with van der Waals surface area (Å²) in [5.74, 6) is 0.515. The van der Waals surface area contributed by atoms with Crippen LogP contribution in [-0.2, 0) is 4.79 Å². The number of carbonyl (C=O) groups excluding carboxylic acids is 1. The molecule has 5 heteroatoms. The molecule has 2 heterocycles. The van der Waals surface area contributed by atoms with E-state index in [1.165, 1.54) is 0 Å². The second-order valence-electron chi connectivity index (χ2n) is 4.21. The molecule has 3 aromatic rings. The Morgan fingerprint density at radius 3 is 2.74 bits per heavy atom. The second kappa shape index (κ2) is 4.53. The summed E-state index contributed by atoms with van der Waals surface area (Å²) in [7, 11) is 0. The van der Waals surface area contributed by atoms with Crippen LogP contribution in [0.4, 0.5) is 5.82 Å². The molecule has 1 amide bonds. The molecular formula is C14H12N4O. The third-order valence-electron chi connectivity index (χ3n) is 2.83. The van der Waals surface area contributed by atoms with E-state index >= 15 is 0 Å². The van der Waals surface area contributed by atoms with Gasteiger partial charge in [-0.15, -0.1) is 0 Å². The van der Waals surface area contributed by atoms with Crippen LogP contribution in [0.2, 0.25) is 0 Å². The lowest BCUT2D eigenvalue weighted by Crippen LogP contribution is -2.02. The third-order valence-corrected chi connectivity index (χ3v) is 2.83. The highest BCUT2D eigenvalue weighted by Crippen LogP contribution is 2.22. The number of hydrogen-bond acceptors (Lipinski definition) is 3. The zero-order chi connectivity index (χ0) is 13.2. The molecule has 5 nitrogen and oxygen atoms in total. The van der Waals surface area contributed by atoms with Gasteiger partial charge in [0, 0.05) is 17.7 Å². The molecule has 0 aliphatic rings. The summed E-state index contributed by atoms with van der Waals surface area (Å²) in [6.45, 7) is 1.91. The Morgan fingerprint density at radius 1 is 1.21 bits per heavy atom. The molecule has 0 saturated heterocycles. The number of aryl methyl sites for hydroxylation is 1. The van der Waals surface area contributed by atoms with E-state index in [1.54, 1.807) is 4.52 Å². The number of benzene rings is 1. The summed E-state index contributed by atoms with van der Waals surface area (Å²) in [4.78, 5) is 14.9. The van der Waals surface area contributed by atoms with E-state index < -0.39 is 0 Å². The first kappa shape index (κ1) is 11.4. The van der Waals surface area contributed by atoms with Gasteiger partial charge in [-0.25, -0.2) is 9.50 Å². The van der Waals surface area contributed by atoms with Crippen molar-refractivity contribution in [2.45, 2.75) is 6.92 Å². The molecule has 19 heavy (non-hydrogen) atoms. The van der Waals surface area contributed by atoms with E-state index in [0.29, 0.717) is 17.9 Å². The van der Waals surface area contributed by atoms with Crippen LogP contribution in [0.5, 0.6) is 0 Å². The maximum atomic E-state index is 10.6. The van der Waals surface area contributed by atoms with Crippen LogP contribution in [-0.4, -0.2) is 21.0 Å². The van der Waals surface area contributed by atoms with E-state index in [4.69, 9.17) is 0 Å². The van der Waals surface area contributed by atoms with Gasteiger partial charge in [0.05, 0.1) is 11.4 Å². The molecule has 94 valence electrons. The molecule has 0 saturated carbocycles. The fourth-order valence-electron chi connectivity index (χ4n) is 2.04. The average Bonchev–Trinajstić information content (AvgIpc) is 2.79. The fourth-order valence-corrected chi connectivity index (χ4v) is 2.04. The van der Waals surface area contributed by atoms with Gasteiger partial charge in [-0.3, -0.25) is 4.79 Å². The molecule has 1 aromatic carbocycles. The Bertz CT molecular complexity index is 734. The maximum absolute atomic E-state index is 10.6. The van der Waals surface area contributed by atoms with Gasteiger partial charge in [-0.2, -0.15) is 5.10 Å². The van der Waals surface area contributed by atoms with Crippen molar-refractivity contribution in [1.82, 2.24) is 14.6 Å². The molecule has 0 bridgehead atoms. The number of nitrogens with zero attached hydrogens (tertiary/aromatic N) is 3. The molecule has 0 atom stereocenters. The van der Waals surface area contributed by atoms with Crippen molar-refractivity contribution in [3.8, 4) is 11.3 Å². The van der Waals surface area contributed by atoms with Crippen LogP contribution >= 0.6 is 0 Å². The summed E-state index contributed by atoms with van der Waals surface area (Å²) >= 11 is 0. The number of amides is 1. The van der Waals surface area contributed by atoms with Crippen molar-refractivity contribution in [2.24, 2.45) is 0 Å². The normalized spacial score (nSPS) is 10.6. The van der Waals surface area contributed by atoms with Gasteiger partial charge in [0.1, 0.15) is 5.82 Å². The second-order valence-corrected chi connectivity index (χ2v) is 4.21. The first-order valence-electron chi connectivity index (χ1n) is 5.91. The smallest absolute Gasteiger partial charge is 0.212 e. The molecule has 0 aliphatic heterocycles. The summed E-state index contributed by atoms with van der Waals surface area (Å²) in [6.07, 6.45) is 0.622. The van der Waals surface area contributed by atoms with Gasteiger partial charge in [0.25, 0.3) is 0 Å². The molecule has 0 radical (unpaired) electrons. The van der Waals surface area contributed by atoms with Crippen molar-refractivity contribution in [1.29, 1.82) is 0 Å². The summed E-state index contributed by atoms with van der Waals surface area (Å²) in [5, 5.41) is 7.02. The minimum Gasteiger partial charge on any atom is -0.313 e. The van der Waals surface area contributed by atoms with Crippen LogP contribution in [0.25, 0.3) is 16.9 Å². The van der Waals surface area contributed by atoms with Crippen molar-refractivity contribution < 1.29 is 4.79 Å². The van der Waals surface area contributed by atoms with E-state index in [2.05, 4.69) is 15.4 Å². The van der Waals surface area contributed by atoms with Gasteiger partial charge in [-0.05, 0) is 6.92 Å². The first-order valence-corrected chi connectivity index (χ1v) is 5.91. The third kappa shape index (κ3) is 2.06. The molecule has 1 N–H and O–H groups in total. The zero-order valence-corrected chi connectivity index (χ0v) is 10.4. The number of nitrogens with one attached hydrogen (secondary N) is 1. The summed E-state index contributed by atoms with van der Waals surface area (Å²) < 4.78 is 1.78. The number of aromatic nitrogens is 3. The minimum atomic E-state index is 0.515. The van der Waals surface area contributed by atoms with Gasteiger partial charge >= 0.3 is 0 Å². The number of anilines is 1. The van der Waals surface area contributed by atoms with E-state index in [9.17, 15) is 4.79 Å². The summed E-state index contributed by atoms with van der Waals surface area (Å²) in [5.41, 5.74) is 3.51. The van der Waals surface area contributed by atoms with Crippen LogP contribution in [0.3, 0.4) is 0 Å². The van der Waals surface area contributed by atoms with E-state index in [-0.39, 0.29) is 0 Å². The van der Waals surface area contributed by atoms with Crippen molar-refractivity contribution in [2.75, 3.05) is 5.32 Å². The lowest BCUT2D eigenvalue weighted by atomic mass is 10.1. The van der Waals surface area contributed by atoms with Gasteiger partial charge < -0.3 is 5.32 Å². The van der Waals surface area contributed by atoms with Crippen LogP contribution in [0.15, 0.2) is 42.5 Å². The van der Waals surface area contributed by atoms with Gasteiger partial charge in [0.2, 0.25) is 6.41 Å². The van der Waals surface area contributed by atoms with Crippen LogP contribution < -0.4 is 5.32 Å². The Kier molecular flexibility index (Phi) is 2.72. The number of fused-ring (bicyclic) bond motifs is 1. The number of hydrogen-bond donors (Lipinski definition) is 1. The largest absolute Gasteiger partial charge is 0.313 e. The lowest BCUT2D eigenvalue weighted by Gasteiger charge is -2.07. The predicted octanol–water partition coefficient (Wildman–Crippen LogP) is 2.27. The van der Waals surface area contributed by atoms with Crippen molar-refractivity contribution >= 4 is 17.9 Å². The van der Waals surface area contributed by atoms with E-state index in [0.717, 1.165) is 17.0 Å². The van der Waals surface area contributed by atoms with Crippen LogP contribution in [0.1, 0.15) is 5.69 Å². The average molecular weight is 252 g/mol. The molecule has 3 rings (SSSR count). The van der Waals surface area contributed by atoms with Gasteiger partial charge in [0.15, 0.2) is 5.65 Å². The highest BCUT2D eigenvalue weighted by atomic mass is 16.1. The number of carbonyl (C=O) groups is 1. The van der Waals surface area contributed by atoms with Crippen molar-refractivity contribution in [3.05, 3.63) is 48.2 Å². The Labute approximate surface area is 109 Å². The number of rotatable bonds is 3. The minimum absolute atomic E-state index is 0.515. The monoisotopic (exact) mass is 252 g/mol. The SMILES string of the molecule is Cc1cc2nc(NC=O)cc(-c3ccccc3)n2n1. The van der Waals surface area contributed by atoms with Gasteiger partial charge in [-0.1, -0.05) is 30.3 Å². The fraction of sp³-hybridized carbons (Fsp3) is 0.0714. The molecule has 0 spiro atoms. The highest BCUT2D eigenvalue weighted by molar-refractivity contribution is 5.74. The Balaban J connectivity index is 2.28. The zero-order valence-electron chi connectivity index (χ0n) is 10.4. The maximum Gasteiger partial charge on any atom is 0.212 e. The Morgan fingerprint density at radius 2 is 2.00 bits per heavy atom. The highest BCUT2D eigenvalue weighted by Gasteiger charge is 2.09. The van der Waals surface area contributed by atoms with E-state index in [1.807, 2.05) is 49.4 Å². The molecule has 2 aromatic heterocycles. The molecule has 0 aliphatic carbocycles. The molecule has 0 unspecified atom stereocenters. The summed E-state index contributed by atoms with van der Waals surface area (Å²) in [6, 6.07) is 13.6. The van der Waals surface area contributed by atoms with Crippen LogP contribution in [0, 0.1) is 6.92 Å². The lowest BCUT2D eigenvalue weighted by molar-refractivity contribution is -0.105. The molecular weight excluding hydrogens is 240 g/mol. The topological polar surface area (TPSA) is 59.3 Å². The first-order chi connectivity index (χ1) is 9.28. The van der Waals surface area contributed by atoms with Crippen molar-refractivity contribution in [3.63, 3.8) is 0 Å². The Hall–Kier alpha value is -2.69. The quantitative estimate of drug-likeness (QED) is 0.727. The standard InChI is InChI=1S/C14H12N4O/c1-10-7-14-16-13(15-9-19)8-12(18(14)17-10)11-5-3-2-4-6-11/h2-9H,1H3,(H,15,16,19). The predicted molar refractivity (Wildman–Crippen MR) is 72.8 cm³/mol. The molecule has 0 fully saturated rings.